The third-order valence-electron chi connectivity index (χ3n) is 6.45. The maximum Gasteiger partial charge on any atom is 0.355 e. The van der Waals surface area contributed by atoms with E-state index in [0.29, 0.717) is 32.1 Å². The summed E-state index contributed by atoms with van der Waals surface area (Å²) in [6.07, 6.45) is 0.850. The molecule has 0 saturated carbocycles. The number of benzene rings is 3. The molecule has 3 heterocycles. The minimum Gasteiger partial charge on any atom is -0.494 e. The molecular formula is C28H25N3O4S. The molecule has 1 aliphatic rings. The van der Waals surface area contributed by atoms with Crippen molar-refractivity contribution in [3.05, 3.63) is 71.4 Å². The summed E-state index contributed by atoms with van der Waals surface area (Å²) in [5.74, 6) is 1.31. The number of carbonyl (C=O) groups is 1. The van der Waals surface area contributed by atoms with Crippen LogP contribution in [-0.2, 0) is 17.7 Å². The van der Waals surface area contributed by atoms with Crippen molar-refractivity contribution < 1.29 is 19.0 Å². The van der Waals surface area contributed by atoms with E-state index in [9.17, 15) is 4.79 Å². The number of nitrogens with zero attached hydrogens (tertiary/aromatic N) is 3. The molecule has 0 atom stereocenters. The quantitative estimate of drug-likeness (QED) is 0.261. The van der Waals surface area contributed by atoms with Gasteiger partial charge in [0.15, 0.2) is 0 Å². The molecular weight excluding hydrogens is 474 g/mol. The van der Waals surface area contributed by atoms with Crippen LogP contribution in [0.3, 0.4) is 0 Å². The molecule has 0 N–H and O–H groups in total. The van der Waals surface area contributed by atoms with Crippen LogP contribution in [0.2, 0.25) is 0 Å². The van der Waals surface area contributed by atoms with Gasteiger partial charge >= 0.3 is 5.97 Å². The predicted molar refractivity (Wildman–Crippen MR) is 140 cm³/mol. The van der Waals surface area contributed by atoms with Gasteiger partial charge in [-0.2, -0.15) is 8.75 Å². The van der Waals surface area contributed by atoms with Crippen LogP contribution in [0, 0.1) is 0 Å². The second-order valence-electron chi connectivity index (χ2n) is 8.65. The molecule has 8 heteroatoms. The van der Waals surface area contributed by atoms with Gasteiger partial charge < -0.3 is 18.8 Å². The van der Waals surface area contributed by atoms with Crippen LogP contribution in [0.4, 0.5) is 0 Å². The van der Waals surface area contributed by atoms with Gasteiger partial charge in [0.25, 0.3) is 0 Å². The highest BCUT2D eigenvalue weighted by atomic mass is 32.1. The maximum absolute atomic E-state index is 13.5. The Morgan fingerprint density at radius 2 is 1.92 bits per heavy atom. The van der Waals surface area contributed by atoms with Gasteiger partial charge in [0.05, 0.1) is 31.5 Å². The Hall–Kier alpha value is -3.91. The number of rotatable bonds is 7. The molecule has 0 bridgehead atoms. The molecule has 3 aromatic carbocycles. The lowest BCUT2D eigenvalue weighted by Gasteiger charge is -2.12. The Morgan fingerprint density at radius 3 is 2.78 bits per heavy atom. The molecule has 2 aromatic heterocycles. The number of ether oxygens (including phenoxy) is 3. The van der Waals surface area contributed by atoms with E-state index in [4.69, 9.17) is 14.2 Å². The topological polar surface area (TPSA) is 75.5 Å². The lowest BCUT2D eigenvalue weighted by atomic mass is 9.98. The van der Waals surface area contributed by atoms with E-state index in [2.05, 4.69) is 14.8 Å². The zero-order valence-corrected chi connectivity index (χ0v) is 20.9. The number of carbonyl (C=O) groups excluding carboxylic acids is 1. The van der Waals surface area contributed by atoms with Crippen LogP contribution in [0.25, 0.3) is 33.1 Å². The SMILES string of the molecule is CCOC(=O)c1c(-c2ccc3c(c2)CCO3)c2cc(OCC)ccc2n1Cc1ccc2nsnc2c1. The van der Waals surface area contributed by atoms with Crippen molar-refractivity contribution in [1.29, 1.82) is 0 Å². The molecule has 182 valence electrons. The molecule has 0 radical (unpaired) electrons. The smallest absolute Gasteiger partial charge is 0.355 e. The molecule has 0 amide bonds. The number of hydrogen-bond acceptors (Lipinski definition) is 7. The zero-order valence-electron chi connectivity index (χ0n) is 20.1. The van der Waals surface area contributed by atoms with Crippen LogP contribution in [-0.4, -0.2) is 39.1 Å². The first-order chi connectivity index (χ1) is 17.7. The van der Waals surface area contributed by atoms with E-state index < -0.39 is 0 Å². The van der Waals surface area contributed by atoms with E-state index in [0.717, 1.165) is 62.1 Å². The number of aromatic nitrogens is 3. The highest BCUT2D eigenvalue weighted by molar-refractivity contribution is 7.00. The Labute approximate surface area is 212 Å². The second-order valence-corrected chi connectivity index (χ2v) is 9.18. The van der Waals surface area contributed by atoms with Crippen LogP contribution < -0.4 is 9.47 Å². The van der Waals surface area contributed by atoms with Crippen molar-refractivity contribution in [2.45, 2.75) is 26.8 Å². The van der Waals surface area contributed by atoms with Crippen molar-refractivity contribution in [3.63, 3.8) is 0 Å². The zero-order chi connectivity index (χ0) is 24.6. The average Bonchev–Trinajstić information content (AvgIpc) is 3.61. The van der Waals surface area contributed by atoms with Gasteiger partial charge in [-0.05, 0) is 73.0 Å². The highest BCUT2D eigenvalue weighted by Crippen LogP contribution is 2.40. The third-order valence-corrected chi connectivity index (χ3v) is 7.01. The summed E-state index contributed by atoms with van der Waals surface area (Å²) < 4.78 is 27.9. The van der Waals surface area contributed by atoms with Gasteiger partial charge in [-0.3, -0.25) is 0 Å². The molecule has 0 fully saturated rings. The highest BCUT2D eigenvalue weighted by Gasteiger charge is 2.27. The fourth-order valence-electron chi connectivity index (χ4n) is 4.91. The summed E-state index contributed by atoms with van der Waals surface area (Å²) in [6, 6.07) is 18.2. The first-order valence-corrected chi connectivity index (χ1v) is 12.8. The summed E-state index contributed by atoms with van der Waals surface area (Å²) in [7, 11) is 0. The summed E-state index contributed by atoms with van der Waals surface area (Å²) >= 11 is 1.20. The van der Waals surface area contributed by atoms with E-state index in [1.807, 2.05) is 66.9 Å². The molecule has 0 aliphatic carbocycles. The second kappa shape index (κ2) is 9.28. The van der Waals surface area contributed by atoms with E-state index >= 15 is 0 Å². The van der Waals surface area contributed by atoms with Crippen molar-refractivity contribution in [2.24, 2.45) is 0 Å². The van der Waals surface area contributed by atoms with E-state index in [-0.39, 0.29) is 5.97 Å². The largest absolute Gasteiger partial charge is 0.494 e. The van der Waals surface area contributed by atoms with Crippen LogP contribution in [0.15, 0.2) is 54.6 Å². The van der Waals surface area contributed by atoms with Crippen molar-refractivity contribution in [3.8, 4) is 22.6 Å². The summed E-state index contributed by atoms with van der Waals surface area (Å²) in [5.41, 5.74) is 7.15. The average molecular weight is 500 g/mol. The fourth-order valence-corrected chi connectivity index (χ4v) is 5.43. The monoisotopic (exact) mass is 499 g/mol. The Kier molecular flexibility index (Phi) is 5.81. The van der Waals surface area contributed by atoms with Crippen molar-refractivity contribution in [1.82, 2.24) is 13.3 Å². The molecule has 36 heavy (non-hydrogen) atoms. The standard InChI is InChI=1S/C28H25N3O4S/c1-3-33-20-7-9-24-21(15-20)26(19-6-10-25-18(14-19)11-12-35-25)27(28(32)34-4-2)31(24)16-17-5-8-22-23(13-17)30-36-29-22/h5-10,13-15H,3-4,11-12,16H2,1-2H3. The van der Waals surface area contributed by atoms with Gasteiger partial charge in [0.2, 0.25) is 0 Å². The van der Waals surface area contributed by atoms with Crippen molar-refractivity contribution >= 4 is 39.6 Å². The number of esters is 1. The van der Waals surface area contributed by atoms with Crippen LogP contribution in [0.5, 0.6) is 11.5 Å². The van der Waals surface area contributed by atoms with E-state index in [1.165, 1.54) is 11.7 Å². The minimum absolute atomic E-state index is 0.290. The fraction of sp³-hybridized carbons (Fsp3) is 0.250. The van der Waals surface area contributed by atoms with Gasteiger partial charge in [-0.25, -0.2) is 4.79 Å². The first-order valence-electron chi connectivity index (χ1n) is 12.1. The van der Waals surface area contributed by atoms with Gasteiger partial charge in [-0.1, -0.05) is 12.1 Å². The molecule has 0 spiro atoms. The number of fused-ring (bicyclic) bond motifs is 3. The van der Waals surface area contributed by atoms with Gasteiger partial charge in [0.1, 0.15) is 28.2 Å². The van der Waals surface area contributed by atoms with Crippen LogP contribution in [0.1, 0.15) is 35.5 Å². The molecule has 1 aliphatic heterocycles. The van der Waals surface area contributed by atoms with Crippen LogP contribution >= 0.6 is 11.7 Å². The third kappa shape index (κ3) is 3.87. The Bertz CT molecular complexity index is 1600. The Balaban J connectivity index is 1.60. The molecule has 5 aromatic rings. The maximum atomic E-state index is 13.5. The Morgan fingerprint density at radius 1 is 1.03 bits per heavy atom. The van der Waals surface area contributed by atoms with Gasteiger partial charge in [-0.15, -0.1) is 0 Å². The van der Waals surface area contributed by atoms with Gasteiger partial charge in [0, 0.05) is 29.4 Å². The normalized spacial score (nSPS) is 12.6. The molecule has 0 unspecified atom stereocenters. The molecule has 7 nitrogen and oxygen atoms in total. The lowest BCUT2D eigenvalue weighted by Crippen LogP contribution is -2.14. The molecule has 0 saturated heterocycles. The predicted octanol–water partition coefficient (Wildman–Crippen LogP) is 5.87. The first kappa shape index (κ1) is 22.5. The minimum atomic E-state index is -0.352. The van der Waals surface area contributed by atoms with E-state index in [1.54, 1.807) is 0 Å². The summed E-state index contributed by atoms with van der Waals surface area (Å²) in [6.45, 7) is 5.80. The molecule has 6 rings (SSSR count). The summed E-state index contributed by atoms with van der Waals surface area (Å²) in [5, 5.41) is 0.944. The number of hydrogen-bond donors (Lipinski definition) is 0. The van der Waals surface area contributed by atoms with Crippen molar-refractivity contribution in [2.75, 3.05) is 19.8 Å². The lowest BCUT2D eigenvalue weighted by molar-refractivity contribution is 0.0516. The summed E-state index contributed by atoms with van der Waals surface area (Å²) in [4.78, 5) is 13.5.